The summed E-state index contributed by atoms with van der Waals surface area (Å²) < 4.78 is 2.37. The Morgan fingerprint density at radius 1 is 0.468 bits per heavy atom. The highest BCUT2D eigenvalue weighted by Gasteiger charge is 2.29. The Bertz CT molecular complexity index is 2580. The van der Waals surface area contributed by atoms with Crippen molar-refractivity contribution in [3.05, 3.63) is 158 Å². The van der Waals surface area contributed by atoms with Crippen molar-refractivity contribution >= 4 is 72.4 Å². The molecule has 4 nitrogen and oxygen atoms in total. The van der Waals surface area contributed by atoms with Gasteiger partial charge in [0.1, 0.15) is 0 Å². The second kappa shape index (κ2) is 10.3. The van der Waals surface area contributed by atoms with E-state index in [1.165, 1.54) is 26.1 Å². The third-order valence-electron chi connectivity index (χ3n) is 9.23. The number of para-hydroxylation sites is 4. The number of anilines is 3. The average molecular weight is 619 g/mol. The van der Waals surface area contributed by atoms with E-state index in [0.29, 0.717) is 0 Å². The second-order valence-corrected chi connectivity index (χ2v) is 12.9. The molecule has 0 saturated carbocycles. The predicted octanol–water partition coefficient (Wildman–Crippen LogP) is 11.5. The lowest BCUT2D eigenvalue weighted by Gasteiger charge is -2.34. The van der Waals surface area contributed by atoms with Crippen LogP contribution >= 0.6 is 11.8 Å². The van der Waals surface area contributed by atoms with Gasteiger partial charge in [-0.05, 0) is 72.3 Å². The van der Waals surface area contributed by atoms with Crippen molar-refractivity contribution in [2.45, 2.75) is 9.79 Å². The van der Waals surface area contributed by atoms with Crippen molar-refractivity contribution in [3.8, 4) is 16.8 Å². The number of hydrogen-bond donors (Lipinski definition) is 0. The van der Waals surface area contributed by atoms with Gasteiger partial charge in [-0.1, -0.05) is 90.6 Å². The first-order valence-electron chi connectivity index (χ1n) is 15.8. The van der Waals surface area contributed by atoms with Gasteiger partial charge in [-0.15, -0.1) is 0 Å². The van der Waals surface area contributed by atoms with E-state index in [2.05, 4.69) is 143 Å². The Morgan fingerprint density at radius 3 is 1.87 bits per heavy atom. The fraction of sp³-hybridized carbons (Fsp3) is 0. The van der Waals surface area contributed by atoms with Crippen LogP contribution in [0.25, 0.3) is 60.4 Å². The molecule has 220 valence electrons. The predicted molar refractivity (Wildman–Crippen MR) is 196 cm³/mol. The molecule has 1 aliphatic heterocycles. The van der Waals surface area contributed by atoms with Crippen molar-refractivity contribution in [1.82, 2.24) is 14.5 Å². The smallest absolute Gasteiger partial charge is 0.0956 e. The zero-order chi connectivity index (χ0) is 30.9. The van der Waals surface area contributed by atoms with E-state index in [-0.39, 0.29) is 0 Å². The summed E-state index contributed by atoms with van der Waals surface area (Å²) >= 11 is 1.81. The van der Waals surface area contributed by atoms with Gasteiger partial charge in [0.25, 0.3) is 0 Å². The molecule has 4 heterocycles. The maximum absolute atomic E-state index is 5.12. The van der Waals surface area contributed by atoms with Crippen LogP contribution in [-0.4, -0.2) is 14.5 Å². The van der Waals surface area contributed by atoms with E-state index in [9.17, 15) is 0 Å². The molecule has 0 spiro atoms. The normalized spacial score (nSPS) is 12.6. The minimum absolute atomic E-state index is 0.947. The Morgan fingerprint density at radius 2 is 1.09 bits per heavy atom. The fourth-order valence-corrected chi connectivity index (χ4v) is 8.35. The number of benzene rings is 6. The van der Waals surface area contributed by atoms with Crippen LogP contribution in [-0.2, 0) is 0 Å². The van der Waals surface area contributed by atoms with Crippen molar-refractivity contribution in [3.63, 3.8) is 0 Å². The van der Waals surface area contributed by atoms with Crippen LogP contribution in [0.1, 0.15) is 0 Å². The van der Waals surface area contributed by atoms with Crippen molar-refractivity contribution < 1.29 is 0 Å². The van der Waals surface area contributed by atoms with Crippen LogP contribution < -0.4 is 4.90 Å². The van der Waals surface area contributed by atoms with Gasteiger partial charge in [-0.25, -0.2) is 0 Å². The molecule has 9 aromatic rings. The molecular formula is C42H26N4S. The number of hydrogen-bond acceptors (Lipinski definition) is 4. The van der Waals surface area contributed by atoms with E-state index in [4.69, 9.17) is 9.97 Å². The maximum atomic E-state index is 5.12. The Kier molecular flexibility index (Phi) is 5.77. The molecule has 0 atom stereocenters. The number of pyridine rings is 2. The third kappa shape index (κ3) is 3.90. The summed E-state index contributed by atoms with van der Waals surface area (Å²) in [6.45, 7) is 0. The van der Waals surface area contributed by atoms with Crippen molar-refractivity contribution in [2.24, 2.45) is 0 Å². The maximum Gasteiger partial charge on any atom is 0.0956 e. The average Bonchev–Trinajstić information content (AvgIpc) is 3.47. The molecule has 47 heavy (non-hydrogen) atoms. The number of fused-ring (bicyclic) bond motifs is 7. The molecule has 0 amide bonds. The molecule has 0 unspecified atom stereocenters. The van der Waals surface area contributed by atoms with E-state index in [0.717, 1.165) is 61.2 Å². The summed E-state index contributed by atoms with van der Waals surface area (Å²) in [4.78, 5) is 15.1. The molecule has 1 aliphatic rings. The molecule has 10 rings (SSSR count). The van der Waals surface area contributed by atoms with Gasteiger partial charge in [0.15, 0.2) is 0 Å². The fourth-order valence-electron chi connectivity index (χ4n) is 7.29. The van der Waals surface area contributed by atoms with E-state index < -0.39 is 0 Å². The summed E-state index contributed by atoms with van der Waals surface area (Å²) in [5.74, 6) is 0. The molecule has 0 aliphatic carbocycles. The van der Waals surface area contributed by atoms with Crippen LogP contribution in [0, 0.1) is 0 Å². The second-order valence-electron chi connectivity index (χ2n) is 11.8. The van der Waals surface area contributed by atoms with Crippen LogP contribution in [0.15, 0.2) is 168 Å². The minimum Gasteiger partial charge on any atom is -0.309 e. The molecule has 0 saturated heterocycles. The quantitative estimate of drug-likeness (QED) is 0.185. The molecular weight excluding hydrogens is 593 g/mol. The van der Waals surface area contributed by atoms with Gasteiger partial charge >= 0.3 is 0 Å². The lowest BCUT2D eigenvalue weighted by Crippen LogP contribution is -2.16. The molecule has 0 bridgehead atoms. The molecule has 6 aromatic carbocycles. The highest BCUT2D eigenvalue weighted by Crippen LogP contribution is 2.54. The van der Waals surface area contributed by atoms with E-state index in [1.54, 1.807) is 0 Å². The first-order chi connectivity index (χ1) is 23.3. The van der Waals surface area contributed by atoms with Gasteiger partial charge in [-0.3, -0.25) is 9.97 Å². The van der Waals surface area contributed by atoms with E-state index >= 15 is 0 Å². The van der Waals surface area contributed by atoms with Crippen LogP contribution in [0.4, 0.5) is 17.1 Å². The Labute approximate surface area is 275 Å². The molecule has 0 N–H and O–H groups in total. The van der Waals surface area contributed by atoms with Gasteiger partial charge in [0.2, 0.25) is 0 Å². The highest BCUT2D eigenvalue weighted by atomic mass is 32.2. The van der Waals surface area contributed by atoms with Crippen molar-refractivity contribution in [2.75, 3.05) is 4.90 Å². The summed E-state index contributed by atoms with van der Waals surface area (Å²) in [6.07, 6.45) is 3.82. The molecule has 5 heteroatoms. The highest BCUT2D eigenvalue weighted by molar-refractivity contribution is 7.99. The molecule has 3 aromatic heterocycles. The van der Waals surface area contributed by atoms with Crippen LogP contribution in [0.3, 0.4) is 0 Å². The topological polar surface area (TPSA) is 34.0 Å². The monoisotopic (exact) mass is 618 g/mol. The minimum atomic E-state index is 0.947. The largest absolute Gasteiger partial charge is 0.309 e. The number of nitrogens with zero attached hydrogens (tertiary/aromatic N) is 4. The molecule has 0 radical (unpaired) electrons. The summed E-state index contributed by atoms with van der Waals surface area (Å²) in [5.41, 5.74) is 10.9. The lowest BCUT2D eigenvalue weighted by molar-refractivity contribution is 1.17. The van der Waals surface area contributed by atoms with E-state index in [1.807, 2.05) is 36.3 Å². The van der Waals surface area contributed by atoms with Crippen LogP contribution in [0.5, 0.6) is 0 Å². The first kappa shape index (κ1) is 26.3. The van der Waals surface area contributed by atoms with Gasteiger partial charge in [0.05, 0.1) is 39.1 Å². The van der Waals surface area contributed by atoms with Gasteiger partial charge in [0, 0.05) is 55.0 Å². The number of aromatic nitrogens is 3. The third-order valence-corrected chi connectivity index (χ3v) is 10.4. The zero-order valence-electron chi connectivity index (χ0n) is 25.2. The van der Waals surface area contributed by atoms with Gasteiger partial charge in [-0.2, -0.15) is 0 Å². The standard InChI is InChI=1S/C42H26N4S/c1-2-12-28(13-3-1)45-33-17-5-4-14-29(33)30-23-22-27(26-36(30)45)39-31-15-10-25-44-41(31)42(32-16-11-24-43-40(32)39)46-34-18-6-8-20-37(34)47-38-21-9-7-19-35(38)46/h1-26H. The SMILES string of the molecule is c1ccc(-n2c3ccccc3c3ccc(-c4c5cccnc5c(N5c6ccccc6Sc6ccccc65)c5cccnc45)cc32)cc1. The lowest BCUT2D eigenvalue weighted by atomic mass is 9.94. The Balaban J connectivity index is 1.31. The molecule has 0 fully saturated rings. The van der Waals surface area contributed by atoms with Gasteiger partial charge < -0.3 is 9.47 Å². The van der Waals surface area contributed by atoms with Crippen molar-refractivity contribution in [1.29, 1.82) is 0 Å². The summed E-state index contributed by atoms with van der Waals surface area (Å²) in [5, 5.41) is 4.60. The zero-order valence-corrected chi connectivity index (χ0v) is 26.0. The summed E-state index contributed by atoms with van der Waals surface area (Å²) in [6, 6.07) is 51.9. The Hall–Kier alpha value is -5.91. The first-order valence-corrected chi connectivity index (χ1v) is 16.6. The summed E-state index contributed by atoms with van der Waals surface area (Å²) in [7, 11) is 0. The van der Waals surface area contributed by atoms with Crippen LogP contribution in [0.2, 0.25) is 0 Å². The number of rotatable bonds is 3.